The van der Waals surface area contributed by atoms with E-state index < -0.39 is 0 Å². The van der Waals surface area contributed by atoms with Crippen molar-refractivity contribution < 1.29 is 4.79 Å². The fourth-order valence-corrected chi connectivity index (χ4v) is 5.23. The van der Waals surface area contributed by atoms with Crippen LogP contribution >= 0.6 is 23.1 Å². The Morgan fingerprint density at radius 3 is 2.93 bits per heavy atom. The molecule has 3 heterocycles. The van der Waals surface area contributed by atoms with Gasteiger partial charge in [-0.3, -0.25) is 19.1 Å². The zero-order valence-electron chi connectivity index (χ0n) is 16.5. The fraction of sp³-hybridized carbons (Fsp3) is 0.381. The van der Waals surface area contributed by atoms with Gasteiger partial charge >= 0.3 is 0 Å². The van der Waals surface area contributed by atoms with Gasteiger partial charge in [0.2, 0.25) is 5.91 Å². The first-order valence-electron chi connectivity index (χ1n) is 9.69. The Hall–Kier alpha value is -2.16. The predicted molar refractivity (Wildman–Crippen MR) is 118 cm³/mol. The van der Waals surface area contributed by atoms with Crippen LogP contribution in [0.25, 0.3) is 10.2 Å². The minimum absolute atomic E-state index is 0.0128. The van der Waals surface area contributed by atoms with Crippen LogP contribution < -0.4 is 10.9 Å². The number of nitrogens with one attached hydrogen (secondary N) is 1. The lowest BCUT2D eigenvalue weighted by Crippen LogP contribution is -2.41. The van der Waals surface area contributed by atoms with Crippen molar-refractivity contribution in [2.45, 2.75) is 36.3 Å². The molecule has 29 heavy (non-hydrogen) atoms. The lowest BCUT2D eigenvalue weighted by atomic mass is 10.2. The second kappa shape index (κ2) is 8.69. The summed E-state index contributed by atoms with van der Waals surface area (Å²) < 4.78 is 2.18. The van der Waals surface area contributed by atoms with Crippen molar-refractivity contribution in [2.24, 2.45) is 7.05 Å². The van der Waals surface area contributed by atoms with Gasteiger partial charge in [-0.05, 0) is 30.4 Å². The molecule has 0 saturated carbocycles. The predicted octanol–water partition coefficient (Wildman–Crippen LogP) is 2.87. The molecule has 1 N–H and O–H groups in total. The third-order valence-electron chi connectivity index (χ3n) is 5.17. The summed E-state index contributed by atoms with van der Waals surface area (Å²) in [6, 6.07) is 12.4. The maximum atomic E-state index is 12.7. The van der Waals surface area contributed by atoms with Crippen LogP contribution in [0.5, 0.6) is 0 Å². The number of thiophene rings is 1. The molecule has 1 saturated heterocycles. The first kappa shape index (κ1) is 20.1. The van der Waals surface area contributed by atoms with Crippen LogP contribution in [0.1, 0.15) is 18.9 Å². The highest BCUT2D eigenvalue weighted by Crippen LogP contribution is 2.24. The number of fused-ring (bicyclic) bond motifs is 1. The summed E-state index contributed by atoms with van der Waals surface area (Å²) in [5.74, 6) is -0.0128. The van der Waals surface area contributed by atoms with Crippen LogP contribution in [0.15, 0.2) is 51.7 Å². The highest BCUT2D eigenvalue weighted by molar-refractivity contribution is 8.00. The average Bonchev–Trinajstić information content (AvgIpc) is 3.36. The second-order valence-electron chi connectivity index (χ2n) is 7.37. The van der Waals surface area contributed by atoms with Gasteiger partial charge < -0.3 is 5.32 Å². The summed E-state index contributed by atoms with van der Waals surface area (Å²) in [7, 11) is 1.71. The number of amides is 1. The molecule has 6 nitrogen and oxygen atoms in total. The SMILES string of the molecule is CC(Sc1nc2ccsc2c(=O)n1C)C(=O)NC1CCN(Cc2ccccc2)C1. The number of thioether (sulfide) groups is 1. The third-order valence-corrected chi connectivity index (χ3v) is 7.20. The van der Waals surface area contributed by atoms with Gasteiger partial charge in [0, 0.05) is 32.7 Å². The molecule has 152 valence electrons. The summed E-state index contributed by atoms with van der Waals surface area (Å²) in [5, 5.41) is 5.28. The average molecular weight is 429 g/mol. The number of carbonyl (C=O) groups excluding carboxylic acids is 1. The zero-order valence-corrected chi connectivity index (χ0v) is 18.1. The second-order valence-corrected chi connectivity index (χ2v) is 9.59. The Morgan fingerprint density at radius 2 is 2.14 bits per heavy atom. The summed E-state index contributed by atoms with van der Waals surface area (Å²) >= 11 is 2.72. The Kier molecular flexibility index (Phi) is 6.03. The molecular weight excluding hydrogens is 404 g/mol. The van der Waals surface area contributed by atoms with E-state index in [0.717, 1.165) is 26.1 Å². The Bertz CT molecular complexity index is 1060. The minimum atomic E-state index is -0.327. The van der Waals surface area contributed by atoms with Gasteiger partial charge in [0.25, 0.3) is 5.56 Å². The molecule has 1 aliphatic rings. The quantitative estimate of drug-likeness (QED) is 0.483. The molecular formula is C21H24N4O2S2. The maximum Gasteiger partial charge on any atom is 0.271 e. The van der Waals surface area contributed by atoms with E-state index in [9.17, 15) is 9.59 Å². The van der Waals surface area contributed by atoms with Crippen LogP contribution in [0.4, 0.5) is 0 Å². The molecule has 4 rings (SSSR count). The lowest BCUT2D eigenvalue weighted by molar-refractivity contribution is -0.120. The summed E-state index contributed by atoms with van der Waals surface area (Å²) in [6.07, 6.45) is 0.952. The van der Waals surface area contributed by atoms with Gasteiger partial charge in [-0.1, -0.05) is 42.1 Å². The maximum absolute atomic E-state index is 12.7. The number of hydrogen-bond acceptors (Lipinski definition) is 6. The van der Waals surface area contributed by atoms with E-state index in [-0.39, 0.29) is 22.8 Å². The van der Waals surface area contributed by atoms with Crippen LogP contribution in [0.3, 0.4) is 0 Å². The van der Waals surface area contributed by atoms with Crippen molar-refractivity contribution >= 4 is 39.2 Å². The number of likely N-dealkylation sites (tertiary alicyclic amines) is 1. The number of benzene rings is 1. The van der Waals surface area contributed by atoms with E-state index in [1.165, 1.54) is 33.2 Å². The summed E-state index contributed by atoms with van der Waals surface area (Å²) in [5.41, 5.74) is 1.92. The molecule has 1 aliphatic heterocycles. The van der Waals surface area contributed by atoms with E-state index in [1.54, 1.807) is 7.05 Å². The van der Waals surface area contributed by atoms with Gasteiger partial charge in [-0.15, -0.1) is 11.3 Å². The minimum Gasteiger partial charge on any atom is -0.351 e. The molecule has 1 amide bonds. The van der Waals surface area contributed by atoms with Crippen LogP contribution in [-0.4, -0.2) is 44.7 Å². The Labute approximate surface area is 177 Å². The van der Waals surface area contributed by atoms with Crippen molar-refractivity contribution in [3.05, 3.63) is 57.7 Å². The van der Waals surface area contributed by atoms with Gasteiger partial charge in [0.15, 0.2) is 5.16 Å². The molecule has 0 radical (unpaired) electrons. The number of nitrogens with zero attached hydrogens (tertiary/aromatic N) is 3. The summed E-state index contributed by atoms with van der Waals surface area (Å²) in [4.78, 5) is 32.1. The zero-order chi connectivity index (χ0) is 20.4. The Balaban J connectivity index is 1.34. The first-order valence-corrected chi connectivity index (χ1v) is 11.4. The molecule has 1 fully saturated rings. The number of rotatable bonds is 6. The monoisotopic (exact) mass is 428 g/mol. The van der Waals surface area contributed by atoms with Crippen molar-refractivity contribution in [2.75, 3.05) is 13.1 Å². The van der Waals surface area contributed by atoms with Crippen molar-refractivity contribution in [3.8, 4) is 0 Å². The van der Waals surface area contributed by atoms with Crippen LogP contribution in [0.2, 0.25) is 0 Å². The van der Waals surface area contributed by atoms with E-state index in [2.05, 4.69) is 39.5 Å². The van der Waals surface area contributed by atoms with E-state index >= 15 is 0 Å². The molecule has 2 atom stereocenters. The summed E-state index contributed by atoms with van der Waals surface area (Å²) in [6.45, 7) is 4.60. The van der Waals surface area contributed by atoms with Crippen molar-refractivity contribution in [1.82, 2.24) is 19.8 Å². The van der Waals surface area contributed by atoms with Gasteiger partial charge in [0.1, 0.15) is 4.70 Å². The number of hydrogen-bond donors (Lipinski definition) is 1. The lowest BCUT2D eigenvalue weighted by Gasteiger charge is -2.19. The fourth-order valence-electron chi connectivity index (χ4n) is 3.54. The topological polar surface area (TPSA) is 67.2 Å². The van der Waals surface area contributed by atoms with Crippen molar-refractivity contribution in [1.29, 1.82) is 0 Å². The molecule has 0 bridgehead atoms. The molecule has 0 aliphatic carbocycles. The standard InChI is InChI=1S/C21H24N4O2S2/c1-14(29-21-23-17-9-11-28-18(17)20(27)24(21)2)19(26)22-16-8-10-25(13-16)12-15-6-4-3-5-7-15/h3-7,9,11,14,16H,8,10,12-13H2,1-2H3,(H,22,26). The molecule has 0 spiro atoms. The Morgan fingerprint density at radius 1 is 1.34 bits per heavy atom. The van der Waals surface area contributed by atoms with Crippen molar-refractivity contribution in [3.63, 3.8) is 0 Å². The molecule has 8 heteroatoms. The number of carbonyl (C=O) groups is 1. The first-order chi connectivity index (χ1) is 14.0. The van der Waals surface area contributed by atoms with Crippen LogP contribution in [0, 0.1) is 0 Å². The smallest absolute Gasteiger partial charge is 0.271 e. The van der Waals surface area contributed by atoms with Gasteiger partial charge in [0.05, 0.1) is 10.8 Å². The van der Waals surface area contributed by atoms with E-state index in [4.69, 9.17) is 0 Å². The van der Waals surface area contributed by atoms with Gasteiger partial charge in [-0.2, -0.15) is 0 Å². The molecule has 1 aromatic carbocycles. The molecule has 3 aromatic rings. The largest absolute Gasteiger partial charge is 0.351 e. The van der Waals surface area contributed by atoms with Crippen LogP contribution in [-0.2, 0) is 18.4 Å². The van der Waals surface area contributed by atoms with E-state index in [0.29, 0.717) is 15.4 Å². The van der Waals surface area contributed by atoms with Gasteiger partial charge in [-0.25, -0.2) is 4.98 Å². The highest BCUT2D eigenvalue weighted by atomic mass is 32.2. The molecule has 2 aromatic heterocycles. The highest BCUT2D eigenvalue weighted by Gasteiger charge is 2.26. The molecule has 2 unspecified atom stereocenters. The normalized spacial score (nSPS) is 18.2. The number of aromatic nitrogens is 2. The van der Waals surface area contributed by atoms with E-state index in [1.807, 2.05) is 24.4 Å². The third kappa shape index (κ3) is 4.55.